The van der Waals surface area contributed by atoms with Gasteiger partial charge in [0.15, 0.2) is 0 Å². The van der Waals surface area contributed by atoms with E-state index in [4.69, 9.17) is 0 Å². The van der Waals surface area contributed by atoms with E-state index in [9.17, 15) is 20.0 Å². The van der Waals surface area contributed by atoms with Crippen LogP contribution in [0.5, 0.6) is 5.75 Å². The Hall–Kier alpha value is -2.86. The quantitative estimate of drug-likeness (QED) is 0.621. The Morgan fingerprint density at radius 2 is 1.50 bits per heavy atom. The van der Waals surface area contributed by atoms with Crippen molar-refractivity contribution < 1.29 is 14.8 Å². The summed E-state index contributed by atoms with van der Waals surface area (Å²) in [5, 5.41) is 32.6. The highest BCUT2D eigenvalue weighted by Gasteiger charge is 2.46. The molecule has 2 N–H and O–H groups in total. The van der Waals surface area contributed by atoms with E-state index in [1.165, 1.54) is 6.07 Å². The Bertz CT molecular complexity index is 1060. The number of phenols is 1. The molecule has 3 aromatic carbocycles. The number of phenolic OH excluding ortho intramolecular Hbond substituents is 1. The van der Waals surface area contributed by atoms with Crippen LogP contribution in [-0.2, 0) is 4.57 Å². The highest BCUT2D eigenvalue weighted by atomic mass is 31.2. The first kappa shape index (κ1) is 20.4. The molecule has 4 nitrogen and oxygen atoms in total. The molecular formula is C25H24NO3P. The number of hydrogen-bond acceptors (Lipinski definition) is 4. The lowest BCUT2D eigenvalue weighted by molar-refractivity contribution is 0.108. The molecule has 0 bridgehead atoms. The third-order valence-electron chi connectivity index (χ3n) is 6.12. The lowest BCUT2D eigenvalue weighted by atomic mass is 9.80. The van der Waals surface area contributed by atoms with Crippen LogP contribution >= 0.6 is 7.14 Å². The van der Waals surface area contributed by atoms with Gasteiger partial charge in [-0.25, -0.2) is 0 Å². The molecule has 3 aromatic rings. The summed E-state index contributed by atoms with van der Waals surface area (Å²) in [6.07, 6.45) is 1.19. The lowest BCUT2D eigenvalue weighted by Gasteiger charge is -2.40. The maximum atomic E-state index is 14.7. The van der Waals surface area contributed by atoms with Crippen LogP contribution in [0.2, 0.25) is 0 Å². The van der Waals surface area contributed by atoms with Gasteiger partial charge < -0.3 is 14.8 Å². The summed E-state index contributed by atoms with van der Waals surface area (Å²) in [5.74, 6) is -0.314. The van der Waals surface area contributed by atoms with Crippen molar-refractivity contribution in [2.45, 2.75) is 36.9 Å². The monoisotopic (exact) mass is 417 g/mol. The van der Waals surface area contributed by atoms with Crippen molar-refractivity contribution >= 4 is 17.8 Å². The summed E-state index contributed by atoms with van der Waals surface area (Å²) in [7, 11) is -3.14. The highest BCUT2D eigenvalue weighted by molar-refractivity contribution is 7.79. The molecule has 1 fully saturated rings. The molecule has 0 amide bonds. The Morgan fingerprint density at radius 1 is 0.900 bits per heavy atom. The standard InChI is InChI=1S/C25H24NO3P/c26-17-18-14-15-23(27)22(16-18)21-12-7-13-24(25(21)28)30(29,19-8-3-1-4-9-19)20-10-5-2-6-11-20/h1-6,8-11,14-16,21,24-25,27-28H,7,12-13H2/t21-,24-,25-/m0/s1. The Morgan fingerprint density at radius 3 is 2.07 bits per heavy atom. The summed E-state index contributed by atoms with van der Waals surface area (Å²) >= 11 is 0. The largest absolute Gasteiger partial charge is 0.508 e. The first-order chi connectivity index (χ1) is 14.6. The number of nitriles is 1. The minimum absolute atomic E-state index is 0.0629. The van der Waals surface area contributed by atoms with Crippen LogP contribution in [0.3, 0.4) is 0 Å². The first-order valence-electron chi connectivity index (χ1n) is 10.2. The summed E-state index contributed by atoms with van der Waals surface area (Å²) in [4.78, 5) is 0. The fourth-order valence-corrected chi connectivity index (χ4v) is 8.12. The van der Waals surface area contributed by atoms with Crippen LogP contribution in [0.1, 0.15) is 36.3 Å². The van der Waals surface area contributed by atoms with Gasteiger partial charge in [0.25, 0.3) is 0 Å². The average molecular weight is 417 g/mol. The minimum Gasteiger partial charge on any atom is -0.508 e. The van der Waals surface area contributed by atoms with Gasteiger partial charge in [0, 0.05) is 27.7 Å². The highest BCUT2D eigenvalue weighted by Crippen LogP contribution is 2.56. The summed E-state index contributed by atoms with van der Waals surface area (Å²) in [5.41, 5.74) is 0.525. The molecule has 0 spiro atoms. The zero-order valence-corrected chi connectivity index (χ0v) is 17.5. The second-order valence-electron chi connectivity index (χ2n) is 7.81. The van der Waals surface area contributed by atoms with Crippen molar-refractivity contribution in [3.05, 3.63) is 90.0 Å². The van der Waals surface area contributed by atoms with Gasteiger partial charge in [-0.05, 0) is 31.0 Å². The molecule has 1 saturated carbocycles. The molecule has 1 aliphatic carbocycles. The number of nitrogens with zero attached hydrogens (tertiary/aromatic N) is 1. The normalized spacial score (nSPS) is 21.7. The maximum Gasteiger partial charge on any atom is 0.148 e. The lowest BCUT2D eigenvalue weighted by Crippen LogP contribution is -2.41. The molecule has 152 valence electrons. The van der Waals surface area contributed by atoms with Gasteiger partial charge in [0.05, 0.1) is 17.7 Å². The number of aliphatic hydroxyl groups is 1. The minimum atomic E-state index is -3.14. The molecule has 0 aliphatic heterocycles. The predicted molar refractivity (Wildman–Crippen MR) is 119 cm³/mol. The van der Waals surface area contributed by atoms with Crippen LogP contribution in [0.25, 0.3) is 0 Å². The van der Waals surface area contributed by atoms with Crippen molar-refractivity contribution in [3.63, 3.8) is 0 Å². The second-order valence-corrected chi connectivity index (χ2v) is 10.8. The zero-order valence-electron chi connectivity index (χ0n) is 16.6. The van der Waals surface area contributed by atoms with Crippen LogP contribution in [-0.4, -0.2) is 22.0 Å². The zero-order chi connectivity index (χ0) is 21.1. The van der Waals surface area contributed by atoms with Gasteiger partial charge in [-0.3, -0.25) is 0 Å². The molecule has 0 saturated heterocycles. The van der Waals surface area contributed by atoms with Crippen LogP contribution < -0.4 is 10.6 Å². The summed E-state index contributed by atoms with van der Waals surface area (Å²) in [6, 6.07) is 25.6. The molecule has 30 heavy (non-hydrogen) atoms. The molecule has 1 aliphatic rings. The van der Waals surface area contributed by atoms with Crippen LogP contribution in [0, 0.1) is 11.3 Å². The van der Waals surface area contributed by atoms with Gasteiger partial charge in [0.1, 0.15) is 12.9 Å². The van der Waals surface area contributed by atoms with E-state index in [1.807, 2.05) is 60.7 Å². The predicted octanol–water partition coefficient (Wildman–Crippen LogP) is 4.27. The van der Waals surface area contributed by atoms with Crippen molar-refractivity contribution in [1.29, 1.82) is 5.26 Å². The molecule has 5 heteroatoms. The topological polar surface area (TPSA) is 81.3 Å². The third kappa shape index (κ3) is 3.56. The van der Waals surface area contributed by atoms with E-state index in [0.717, 1.165) is 17.0 Å². The van der Waals surface area contributed by atoms with Crippen molar-refractivity contribution in [2.75, 3.05) is 0 Å². The Balaban J connectivity index is 1.81. The maximum absolute atomic E-state index is 14.7. The van der Waals surface area contributed by atoms with Crippen molar-refractivity contribution in [3.8, 4) is 11.8 Å². The molecule has 0 radical (unpaired) electrons. The number of aliphatic hydroxyl groups excluding tert-OH is 1. The third-order valence-corrected chi connectivity index (χ3v) is 9.75. The molecule has 0 unspecified atom stereocenters. The van der Waals surface area contributed by atoms with Gasteiger partial charge in [-0.15, -0.1) is 0 Å². The number of aromatic hydroxyl groups is 1. The number of benzene rings is 3. The summed E-state index contributed by atoms with van der Waals surface area (Å²) in [6.45, 7) is 0. The van der Waals surface area contributed by atoms with Crippen LogP contribution in [0.15, 0.2) is 78.9 Å². The van der Waals surface area contributed by atoms with E-state index in [-0.39, 0.29) is 11.7 Å². The second kappa shape index (κ2) is 8.48. The number of rotatable bonds is 4. The van der Waals surface area contributed by atoms with E-state index in [0.29, 0.717) is 24.0 Å². The smallest absolute Gasteiger partial charge is 0.148 e. The molecule has 0 heterocycles. The first-order valence-corrected chi connectivity index (χ1v) is 12.0. The Kier molecular flexibility index (Phi) is 5.77. The SMILES string of the molecule is N#Cc1ccc(O)c([C@@H]2CCC[C@H](P(=O)(c3ccccc3)c3ccccc3)[C@H]2O)c1. The molecule has 0 aromatic heterocycles. The fraction of sp³-hybridized carbons (Fsp3) is 0.240. The molecule has 3 atom stereocenters. The van der Waals surface area contributed by atoms with Gasteiger partial charge in [0.2, 0.25) is 0 Å². The molecular weight excluding hydrogens is 393 g/mol. The van der Waals surface area contributed by atoms with Gasteiger partial charge in [-0.2, -0.15) is 5.26 Å². The fourth-order valence-electron chi connectivity index (χ4n) is 4.64. The van der Waals surface area contributed by atoms with Gasteiger partial charge >= 0.3 is 0 Å². The van der Waals surface area contributed by atoms with E-state index in [1.54, 1.807) is 12.1 Å². The Labute approximate surface area is 176 Å². The van der Waals surface area contributed by atoms with Crippen molar-refractivity contribution in [2.24, 2.45) is 0 Å². The summed E-state index contributed by atoms with van der Waals surface area (Å²) < 4.78 is 14.7. The van der Waals surface area contributed by atoms with Crippen molar-refractivity contribution in [1.82, 2.24) is 0 Å². The number of hydrogen-bond donors (Lipinski definition) is 2. The van der Waals surface area contributed by atoms with Crippen LogP contribution in [0.4, 0.5) is 0 Å². The van der Waals surface area contributed by atoms with E-state index in [2.05, 4.69) is 6.07 Å². The van der Waals surface area contributed by atoms with Gasteiger partial charge in [-0.1, -0.05) is 67.1 Å². The molecule has 4 rings (SSSR count). The average Bonchev–Trinajstić information content (AvgIpc) is 2.80. The van der Waals surface area contributed by atoms with E-state index < -0.39 is 18.9 Å². The van der Waals surface area contributed by atoms with E-state index >= 15 is 0 Å².